The van der Waals surface area contributed by atoms with E-state index in [9.17, 15) is 9.59 Å². The molecule has 1 fully saturated rings. The van der Waals surface area contributed by atoms with E-state index < -0.39 is 6.04 Å². The van der Waals surface area contributed by atoms with Gasteiger partial charge in [-0.05, 0) is 11.1 Å². The zero-order valence-electron chi connectivity index (χ0n) is 14.1. The fourth-order valence-electron chi connectivity index (χ4n) is 2.86. The van der Waals surface area contributed by atoms with Crippen LogP contribution in [0.5, 0.6) is 0 Å². The van der Waals surface area contributed by atoms with Crippen molar-refractivity contribution in [1.29, 1.82) is 0 Å². The fourth-order valence-corrected chi connectivity index (χ4v) is 2.86. The number of hydrogen-bond donors (Lipinski definition) is 1. The van der Waals surface area contributed by atoms with Gasteiger partial charge >= 0.3 is 0 Å². The van der Waals surface area contributed by atoms with Crippen LogP contribution in [0.15, 0.2) is 60.7 Å². The van der Waals surface area contributed by atoms with Gasteiger partial charge in [-0.2, -0.15) is 0 Å². The first-order chi connectivity index (χ1) is 12.2. The van der Waals surface area contributed by atoms with Gasteiger partial charge in [0.05, 0.1) is 13.2 Å². The molecular weight excluding hydrogens is 316 g/mol. The molecule has 130 valence electrons. The minimum Gasteiger partial charge on any atom is -0.375 e. The highest BCUT2D eigenvalue weighted by Gasteiger charge is 2.30. The standard InChI is InChI=1S/C20H22N2O3/c23-18-11-12-22(13-14-25-15-16-7-3-1-4-8-16)20(24)19(21-18)17-9-5-2-6-10-17/h1-10,19H,11-15H2,(H,21,23). The summed E-state index contributed by atoms with van der Waals surface area (Å²) < 4.78 is 5.68. The Morgan fingerprint density at radius 1 is 1.00 bits per heavy atom. The van der Waals surface area contributed by atoms with Crippen molar-refractivity contribution in [2.75, 3.05) is 19.7 Å². The van der Waals surface area contributed by atoms with Crippen LogP contribution in [0.2, 0.25) is 0 Å². The summed E-state index contributed by atoms with van der Waals surface area (Å²) in [6.07, 6.45) is 0.313. The molecule has 0 aliphatic carbocycles. The third kappa shape index (κ3) is 4.67. The first-order valence-electron chi connectivity index (χ1n) is 8.49. The molecule has 1 atom stereocenters. The average Bonchev–Trinajstić information content (AvgIpc) is 2.80. The Labute approximate surface area is 147 Å². The first kappa shape index (κ1) is 17.2. The smallest absolute Gasteiger partial charge is 0.249 e. The summed E-state index contributed by atoms with van der Waals surface area (Å²) in [6, 6.07) is 18.6. The van der Waals surface area contributed by atoms with Gasteiger partial charge in [-0.3, -0.25) is 9.59 Å². The van der Waals surface area contributed by atoms with E-state index in [0.717, 1.165) is 11.1 Å². The van der Waals surface area contributed by atoms with Crippen LogP contribution in [0.4, 0.5) is 0 Å². The maximum absolute atomic E-state index is 12.8. The highest BCUT2D eigenvalue weighted by atomic mass is 16.5. The van der Waals surface area contributed by atoms with Crippen LogP contribution in [0.3, 0.4) is 0 Å². The van der Waals surface area contributed by atoms with Crippen molar-refractivity contribution < 1.29 is 14.3 Å². The molecule has 2 aromatic carbocycles. The van der Waals surface area contributed by atoms with Crippen LogP contribution in [0.25, 0.3) is 0 Å². The lowest BCUT2D eigenvalue weighted by Gasteiger charge is -2.24. The molecule has 1 aliphatic heterocycles. The van der Waals surface area contributed by atoms with Crippen LogP contribution >= 0.6 is 0 Å². The topological polar surface area (TPSA) is 58.6 Å². The number of carbonyl (C=O) groups is 2. The minimum atomic E-state index is -0.620. The Kier molecular flexibility index (Phi) is 5.80. The van der Waals surface area contributed by atoms with Gasteiger partial charge in [0.2, 0.25) is 11.8 Å². The number of nitrogens with one attached hydrogen (secondary N) is 1. The Morgan fingerprint density at radius 3 is 2.40 bits per heavy atom. The van der Waals surface area contributed by atoms with Crippen LogP contribution in [-0.4, -0.2) is 36.4 Å². The SMILES string of the molecule is O=C1CCN(CCOCc2ccccc2)C(=O)C(c2ccccc2)N1. The van der Waals surface area contributed by atoms with Crippen LogP contribution in [-0.2, 0) is 20.9 Å². The minimum absolute atomic E-state index is 0.0830. The largest absolute Gasteiger partial charge is 0.375 e. The Balaban J connectivity index is 1.58. The van der Waals surface area contributed by atoms with Gasteiger partial charge in [0.1, 0.15) is 6.04 Å². The van der Waals surface area contributed by atoms with Gasteiger partial charge in [-0.15, -0.1) is 0 Å². The van der Waals surface area contributed by atoms with Crippen molar-refractivity contribution in [2.24, 2.45) is 0 Å². The molecule has 1 aliphatic rings. The Morgan fingerprint density at radius 2 is 1.68 bits per heavy atom. The van der Waals surface area contributed by atoms with Crippen molar-refractivity contribution in [2.45, 2.75) is 19.1 Å². The molecule has 3 rings (SSSR count). The predicted molar refractivity (Wildman–Crippen MR) is 94.6 cm³/mol. The highest BCUT2D eigenvalue weighted by Crippen LogP contribution is 2.18. The summed E-state index contributed by atoms with van der Waals surface area (Å²) in [7, 11) is 0. The predicted octanol–water partition coefficient (Wildman–Crippen LogP) is 2.29. The molecule has 0 aromatic heterocycles. The summed E-state index contributed by atoms with van der Waals surface area (Å²) in [4.78, 5) is 26.5. The number of carbonyl (C=O) groups excluding carboxylic acids is 2. The number of benzene rings is 2. The highest BCUT2D eigenvalue weighted by molar-refractivity contribution is 5.90. The maximum atomic E-state index is 12.8. The van der Waals surface area contributed by atoms with Crippen molar-refractivity contribution in [3.05, 3.63) is 71.8 Å². The van der Waals surface area contributed by atoms with E-state index in [0.29, 0.717) is 32.7 Å². The molecule has 1 N–H and O–H groups in total. The third-order valence-electron chi connectivity index (χ3n) is 4.22. The van der Waals surface area contributed by atoms with Gasteiger partial charge in [0.25, 0.3) is 0 Å². The molecule has 2 aromatic rings. The molecule has 5 nitrogen and oxygen atoms in total. The fraction of sp³-hybridized carbons (Fsp3) is 0.300. The van der Waals surface area contributed by atoms with Crippen molar-refractivity contribution in [3.8, 4) is 0 Å². The first-order valence-corrected chi connectivity index (χ1v) is 8.49. The molecule has 0 bridgehead atoms. The van der Waals surface area contributed by atoms with E-state index in [-0.39, 0.29) is 11.8 Å². The van der Waals surface area contributed by atoms with Crippen molar-refractivity contribution in [1.82, 2.24) is 10.2 Å². The van der Waals surface area contributed by atoms with Crippen molar-refractivity contribution in [3.63, 3.8) is 0 Å². The van der Waals surface area contributed by atoms with Crippen LogP contribution < -0.4 is 5.32 Å². The lowest BCUT2D eigenvalue weighted by molar-refractivity contribution is -0.134. The van der Waals surface area contributed by atoms with Gasteiger partial charge in [-0.25, -0.2) is 0 Å². The number of amides is 2. The molecule has 5 heteroatoms. The molecule has 0 radical (unpaired) electrons. The van der Waals surface area contributed by atoms with E-state index >= 15 is 0 Å². The molecule has 1 saturated heterocycles. The Bertz CT molecular complexity index is 703. The zero-order chi connectivity index (χ0) is 17.5. The normalized spacial score (nSPS) is 17.9. The second-order valence-corrected chi connectivity index (χ2v) is 6.02. The van der Waals surface area contributed by atoms with Gasteiger partial charge in [0.15, 0.2) is 0 Å². The monoisotopic (exact) mass is 338 g/mol. The lowest BCUT2D eigenvalue weighted by atomic mass is 10.1. The number of nitrogens with zero attached hydrogens (tertiary/aromatic N) is 1. The third-order valence-corrected chi connectivity index (χ3v) is 4.22. The van der Waals surface area contributed by atoms with E-state index in [4.69, 9.17) is 4.74 Å². The average molecular weight is 338 g/mol. The lowest BCUT2D eigenvalue weighted by Crippen LogP contribution is -2.40. The molecule has 25 heavy (non-hydrogen) atoms. The van der Waals surface area contributed by atoms with Crippen LogP contribution in [0, 0.1) is 0 Å². The second-order valence-electron chi connectivity index (χ2n) is 6.02. The van der Waals surface area contributed by atoms with Crippen LogP contribution in [0.1, 0.15) is 23.6 Å². The van der Waals surface area contributed by atoms with E-state index in [1.54, 1.807) is 4.90 Å². The maximum Gasteiger partial charge on any atom is 0.249 e. The quantitative estimate of drug-likeness (QED) is 0.822. The van der Waals surface area contributed by atoms with Crippen molar-refractivity contribution >= 4 is 11.8 Å². The summed E-state index contributed by atoms with van der Waals surface area (Å²) in [6.45, 7) is 1.85. The molecule has 2 amide bonds. The van der Waals surface area contributed by atoms with E-state index in [2.05, 4.69) is 5.32 Å². The molecular formula is C20H22N2O3. The van der Waals surface area contributed by atoms with Gasteiger partial charge in [-0.1, -0.05) is 60.7 Å². The van der Waals surface area contributed by atoms with E-state index in [1.165, 1.54) is 0 Å². The van der Waals surface area contributed by atoms with Gasteiger partial charge in [0, 0.05) is 19.5 Å². The molecule has 1 unspecified atom stereocenters. The molecule has 0 saturated carbocycles. The van der Waals surface area contributed by atoms with E-state index in [1.807, 2.05) is 60.7 Å². The summed E-state index contributed by atoms with van der Waals surface area (Å²) >= 11 is 0. The Hall–Kier alpha value is -2.66. The summed E-state index contributed by atoms with van der Waals surface area (Å²) in [5.74, 6) is -0.185. The van der Waals surface area contributed by atoms with Gasteiger partial charge < -0.3 is 15.0 Å². The second kappa shape index (κ2) is 8.44. The summed E-state index contributed by atoms with van der Waals surface area (Å²) in [5.41, 5.74) is 1.90. The number of hydrogen-bond acceptors (Lipinski definition) is 3. The number of ether oxygens (including phenoxy) is 1. The molecule has 1 heterocycles. The molecule has 0 spiro atoms. The summed E-state index contributed by atoms with van der Waals surface area (Å²) in [5, 5.41) is 2.82. The number of rotatable bonds is 6. The zero-order valence-corrected chi connectivity index (χ0v) is 14.1.